The molecule has 2 aromatic rings. The molecule has 0 unspecified atom stereocenters. The van der Waals surface area contributed by atoms with Crippen LogP contribution in [0.1, 0.15) is 53.9 Å². The smallest absolute Gasteiger partial charge is 0.121 e. The van der Waals surface area contributed by atoms with Crippen molar-refractivity contribution in [3.8, 4) is 11.5 Å². The lowest BCUT2D eigenvalue weighted by molar-refractivity contribution is 0.323. The molecule has 0 aliphatic heterocycles. The van der Waals surface area contributed by atoms with Crippen molar-refractivity contribution < 1.29 is 10.2 Å². The van der Waals surface area contributed by atoms with Gasteiger partial charge in [-0.05, 0) is 92.2 Å². The van der Waals surface area contributed by atoms with E-state index in [0.717, 1.165) is 17.5 Å². The third-order valence-electron chi connectivity index (χ3n) is 5.44. The molecule has 23 heavy (non-hydrogen) atoms. The fourth-order valence-electron chi connectivity index (χ4n) is 3.89. The lowest BCUT2D eigenvalue weighted by atomic mass is 9.76. The maximum atomic E-state index is 10.1. The van der Waals surface area contributed by atoms with E-state index in [9.17, 15) is 10.2 Å². The number of aryl methyl sites for hydroxylation is 1. The molecular formula is C21H26O2. The Hall–Kier alpha value is -1.96. The average molecular weight is 310 g/mol. The van der Waals surface area contributed by atoms with E-state index in [1.54, 1.807) is 6.07 Å². The van der Waals surface area contributed by atoms with Crippen LogP contribution in [0.2, 0.25) is 0 Å². The van der Waals surface area contributed by atoms with Gasteiger partial charge in [0.05, 0.1) is 0 Å². The van der Waals surface area contributed by atoms with E-state index in [2.05, 4.69) is 12.1 Å². The highest BCUT2D eigenvalue weighted by molar-refractivity contribution is 5.44. The van der Waals surface area contributed by atoms with Gasteiger partial charge in [0, 0.05) is 0 Å². The molecule has 122 valence electrons. The Morgan fingerprint density at radius 2 is 1.70 bits per heavy atom. The van der Waals surface area contributed by atoms with E-state index in [-0.39, 0.29) is 0 Å². The molecule has 0 amide bonds. The molecule has 1 fully saturated rings. The molecule has 0 radical (unpaired) electrons. The second kappa shape index (κ2) is 6.66. The van der Waals surface area contributed by atoms with Crippen LogP contribution in [0.5, 0.6) is 11.5 Å². The van der Waals surface area contributed by atoms with Crippen molar-refractivity contribution in [3.63, 3.8) is 0 Å². The molecule has 2 aromatic carbocycles. The first kappa shape index (κ1) is 15.9. The van der Waals surface area contributed by atoms with Crippen molar-refractivity contribution in [2.24, 2.45) is 5.92 Å². The third kappa shape index (κ3) is 3.52. The summed E-state index contributed by atoms with van der Waals surface area (Å²) in [7, 11) is 0. The van der Waals surface area contributed by atoms with Crippen molar-refractivity contribution in [2.75, 3.05) is 0 Å². The predicted octanol–water partition coefficient (Wildman–Crippen LogP) is 5.23. The topological polar surface area (TPSA) is 40.5 Å². The normalized spacial score (nSPS) is 21.3. The van der Waals surface area contributed by atoms with Gasteiger partial charge in [-0.15, -0.1) is 0 Å². The highest BCUT2D eigenvalue weighted by atomic mass is 16.3. The summed E-state index contributed by atoms with van der Waals surface area (Å²) in [5.74, 6) is 2.10. The van der Waals surface area contributed by atoms with E-state index in [1.165, 1.54) is 36.8 Å². The van der Waals surface area contributed by atoms with Crippen molar-refractivity contribution in [1.82, 2.24) is 0 Å². The van der Waals surface area contributed by atoms with Gasteiger partial charge in [-0.3, -0.25) is 0 Å². The molecular weight excluding hydrogens is 284 g/mol. The number of rotatable bonds is 3. The molecule has 2 heteroatoms. The molecule has 0 saturated heterocycles. The number of phenolic OH excluding ortho intramolecular Hbond substituents is 2. The summed E-state index contributed by atoms with van der Waals surface area (Å²) in [5, 5.41) is 19.8. The van der Waals surface area contributed by atoms with Crippen LogP contribution in [-0.4, -0.2) is 10.2 Å². The molecule has 1 aliphatic carbocycles. The number of hydrogen-bond donors (Lipinski definition) is 2. The summed E-state index contributed by atoms with van der Waals surface area (Å²) in [5.41, 5.74) is 4.56. The zero-order valence-electron chi connectivity index (χ0n) is 14.0. The Morgan fingerprint density at radius 1 is 0.957 bits per heavy atom. The van der Waals surface area contributed by atoms with Crippen LogP contribution in [-0.2, 0) is 6.42 Å². The van der Waals surface area contributed by atoms with Crippen LogP contribution < -0.4 is 0 Å². The zero-order chi connectivity index (χ0) is 16.4. The first-order valence-corrected chi connectivity index (χ1v) is 8.61. The number of aromatic hydroxyl groups is 2. The van der Waals surface area contributed by atoms with E-state index in [4.69, 9.17) is 0 Å². The Morgan fingerprint density at radius 3 is 2.39 bits per heavy atom. The number of benzene rings is 2. The van der Waals surface area contributed by atoms with Crippen LogP contribution in [0, 0.1) is 19.8 Å². The fraction of sp³-hybridized carbons (Fsp3) is 0.429. The summed E-state index contributed by atoms with van der Waals surface area (Å²) in [6.07, 6.45) is 5.87. The van der Waals surface area contributed by atoms with Gasteiger partial charge in [0.15, 0.2) is 0 Å². The molecule has 2 nitrogen and oxygen atoms in total. The largest absolute Gasteiger partial charge is 0.508 e. The van der Waals surface area contributed by atoms with Gasteiger partial charge in [-0.1, -0.05) is 24.3 Å². The minimum absolute atomic E-state index is 0.371. The number of phenols is 2. The molecule has 0 atom stereocenters. The van der Waals surface area contributed by atoms with Gasteiger partial charge in [-0.2, -0.15) is 0 Å². The fourth-order valence-corrected chi connectivity index (χ4v) is 3.89. The molecule has 0 bridgehead atoms. The zero-order valence-corrected chi connectivity index (χ0v) is 14.0. The third-order valence-corrected chi connectivity index (χ3v) is 5.44. The van der Waals surface area contributed by atoms with Crippen LogP contribution in [0.25, 0.3) is 0 Å². The van der Waals surface area contributed by atoms with E-state index in [0.29, 0.717) is 23.3 Å². The van der Waals surface area contributed by atoms with E-state index in [1.807, 2.05) is 32.0 Å². The van der Waals surface area contributed by atoms with Crippen molar-refractivity contribution >= 4 is 0 Å². The predicted molar refractivity (Wildman–Crippen MR) is 94.1 cm³/mol. The van der Waals surface area contributed by atoms with Crippen molar-refractivity contribution in [2.45, 2.75) is 51.9 Å². The maximum Gasteiger partial charge on any atom is 0.121 e. The van der Waals surface area contributed by atoms with Crippen molar-refractivity contribution in [3.05, 3.63) is 58.7 Å². The standard InChI is InChI=1S/C21H26O2/c1-14-6-9-18(15(2)21(14)23)12-16-7-10-17(11-8-16)19-4-3-5-20(22)13-19/h3-6,9,13,16-17,22-23H,7-8,10-12H2,1-2H3. The molecule has 1 saturated carbocycles. The van der Waals surface area contributed by atoms with Gasteiger partial charge in [0.25, 0.3) is 0 Å². The molecule has 1 aliphatic rings. The highest BCUT2D eigenvalue weighted by Gasteiger charge is 2.23. The summed E-state index contributed by atoms with van der Waals surface area (Å²) in [4.78, 5) is 0. The molecule has 0 heterocycles. The summed E-state index contributed by atoms with van der Waals surface area (Å²) < 4.78 is 0. The SMILES string of the molecule is Cc1ccc(CC2CCC(c3cccc(O)c3)CC2)c(C)c1O. The Labute approximate surface area is 138 Å². The lowest BCUT2D eigenvalue weighted by Crippen LogP contribution is -2.15. The van der Waals surface area contributed by atoms with E-state index < -0.39 is 0 Å². The summed E-state index contributed by atoms with van der Waals surface area (Å²) >= 11 is 0. The average Bonchev–Trinajstić information content (AvgIpc) is 2.56. The minimum atomic E-state index is 0.371. The van der Waals surface area contributed by atoms with Gasteiger partial charge in [0.2, 0.25) is 0 Å². The van der Waals surface area contributed by atoms with Gasteiger partial charge < -0.3 is 10.2 Å². The van der Waals surface area contributed by atoms with E-state index >= 15 is 0 Å². The van der Waals surface area contributed by atoms with Crippen LogP contribution >= 0.6 is 0 Å². The Kier molecular flexibility index (Phi) is 4.61. The quantitative estimate of drug-likeness (QED) is 0.814. The Balaban J connectivity index is 1.62. The summed E-state index contributed by atoms with van der Waals surface area (Å²) in [6.45, 7) is 3.97. The first-order valence-electron chi connectivity index (χ1n) is 8.61. The van der Waals surface area contributed by atoms with Gasteiger partial charge in [0.1, 0.15) is 11.5 Å². The minimum Gasteiger partial charge on any atom is -0.508 e. The van der Waals surface area contributed by atoms with Crippen molar-refractivity contribution in [1.29, 1.82) is 0 Å². The molecule has 0 spiro atoms. The second-order valence-corrected chi connectivity index (χ2v) is 7.03. The molecule has 2 N–H and O–H groups in total. The highest BCUT2D eigenvalue weighted by Crippen LogP contribution is 2.38. The molecule has 3 rings (SSSR count). The molecule has 0 aromatic heterocycles. The number of hydrogen-bond acceptors (Lipinski definition) is 2. The monoisotopic (exact) mass is 310 g/mol. The second-order valence-electron chi connectivity index (χ2n) is 7.03. The lowest BCUT2D eigenvalue weighted by Gasteiger charge is -2.29. The maximum absolute atomic E-state index is 10.1. The first-order chi connectivity index (χ1) is 11.0. The van der Waals surface area contributed by atoms with Gasteiger partial charge in [-0.25, -0.2) is 0 Å². The Bertz CT molecular complexity index is 682. The summed E-state index contributed by atoms with van der Waals surface area (Å²) in [6, 6.07) is 11.9. The van der Waals surface area contributed by atoms with Crippen LogP contribution in [0.4, 0.5) is 0 Å². The van der Waals surface area contributed by atoms with Gasteiger partial charge >= 0.3 is 0 Å². The van der Waals surface area contributed by atoms with Crippen LogP contribution in [0.15, 0.2) is 36.4 Å². The van der Waals surface area contributed by atoms with Crippen LogP contribution in [0.3, 0.4) is 0 Å².